The number of benzene rings is 1. The van der Waals surface area contributed by atoms with Crippen LogP contribution in [0.5, 0.6) is 11.5 Å². The molecule has 2 N–H and O–H groups in total. The van der Waals surface area contributed by atoms with Crippen LogP contribution in [0.2, 0.25) is 0 Å². The maximum atomic E-state index is 5.72. The Hall–Kier alpha value is -1.42. The number of hydrogen-bond acceptors (Lipinski definition) is 4. The molecule has 0 aromatic heterocycles. The molecule has 18 heavy (non-hydrogen) atoms. The molecule has 1 fully saturated rings. The van der Waals surface area contributed by atoms with Crippen LogP contribution in [0.3, 0.4) is 0 Å². The Kier molecular flexibility index (Phi) is 3.28. The standard InChI is InChI=1S/C14H20N2O2/c15-7-6-11-3-1-2-8-16(11)12-4-5-13-14(9-12)18-10-17-13/h4-5,9,11H,1-3,6-8,10,15H2. The van der Waals surface area contributed by atoms with E-state index < -0.39 is 0 Å². The van der Waals surface area contributed by atoms with E-state index in [1.165, 1.54) is 24.9 Å². The third-order valence-corrected chi connectivity index (χ3v) is 3.81. The van der Waals surface area contributed by atoms with Crippen LogP contribution in [-0.4, -0.2) is 25.9 Å². The smallest absolute Gasteiger partial charge is 0.231 e. The van der Waals surface area contributed by atoms with E-state index in [1.807, 2.05) is 6.07 Å². The minimum atomic E-state index is 0.338. The maximum absolute atomic E-state index is 5.72. The number of piperidine rings is 1. The average Bonchev–Trinajstić information content (AvgIpc) is 2.87. The van der Waals surface area contributed by atoms with Crippen molar-refractivity contribution in [2.24, 2.45) is 5.73 Å². The predicted octanol–water partition coefficient (Wildman–Crippen LogP) is 2.12. The van der Waals surface area contributed by atoms with Crippen LogP contribution in [0.4, 0.5) is 5.69 Å². The first-order valence-corrected chi connectivity index (χ1v) is 6.75. The second-order valence-electron chi connectivity index (χ2n) is 4.96. The third-order valence-electron chi connectivity index (χ3n) is 3.81. The predicted molar refractivity (Wildman–Crippen MR) is 71.2 cm³/mol. The fourth-order valence-corrected chi connectivity index (χ4v) is 2.90. The molecule has 1 aromatic carbocycles. The van der Waals surface area contributed by atoms with Crippen molar-refractivity contribution in [1.82, 2.24) is 0 Å². The summed E-state index contributed by atoms with van der Waals surface area (Å²) < 4.78 is 10.8. The molecule has 0 bridgehead atoms. The number of nitrogens with zero attached hydrogens (tertiary/aromatic N) is 1. The monoisotopic (exact) mass is 248 g/mol. The zero-order valence-corrected chi connectivity index (χ0v) is 10.6. The minimum Gasteiger partial charge on any atom is -0.454 e. The molecule has 0 amide bonds. The van der Waals surface area contributed by atoms with Crippen LogP contribution >= 0.6 is 0 Å². The van der Waals surface area contributed by atoms with Gasteiger partial charge in [-0.25, -0.2) is 0 Å². The molecule has 3 rings (SSSR count). The highest BCUT2D eigenvalue weighted by molar-refractivity contribution is 5.57. The van der Waals surface area contributed by atoms with E-state index in [9.17, 15) is 0 Å². The topological polar surface area (TPSA) is 47.7 Å². The summed E-state index contributed by atoms with van der Waals surface area (Å²) in [5, 5.41) is 0. The second-order valence-corrected chi connectivity index (χ2v) is 4.96. The van der Waals surface area contributed by atoms with Gasteiger partial charge in [0.05, 0.1) is 0 Å². The summed E-state index contributed by atoms with van der Waals surface area (Å²) in [6.45, 7) is 2.21. The lowest BCUT2D eigenvalue weighted by molar-refractivity contribution is 0.174. The Morgan fingerprint density at radius 3 is 3.00 bits per heavy atom. The van der Waals surface area contributed by atoms with Crippen molar-refractivity contribution in [3.05, 3.63) is 18.2 Å². The molecule has 0 spiro atoms. The van der Waals surface area contributed by atoms with Crippen LogP contribution in [0.25, 0.3) is 0 Å². The molecule has 1 aromatic rings. The third kappa shape index (κ3) is 2.12. The van der Waals surface area contributed by atoms with Crippen molar-refractivity contribution in [3.63, 3.8) is 0 Å². The summed E-state index contributed by atoms with van der Waals surface area (Å²) in [4.78, 5) is 2.47. The highest BCUT2D eigenvalue weighted by Gasteiger charge is 2.23. The van der Waals surface area contributed by atoms with Crippen molar-refractivity contribution in [3.8, 4) is 11.5 Å². The number of fused-ring (bicyclic) bond motifs is 1. The molecule has 0 saturated carbocycles. The number of ether oxygens (including phenoxy) is 2. The summed E-state index contributed by atoms with van der Waals surface area (Å²) in [6.07, 6.45) is 4.88. The number of hydrogen-bond donors (Lipinski definition) is 1. The summed E-state index contributed by atoms with van der Waals surface area (Å²) in [6, 6.07) is 6.80. The Labute approximate surface area is 108 Å². The van der Waals surface area contributed by atoms with Crippen LogP contribution in [0.15, 0.2) is 18.2 Å². The lowest BCUT2D eigenvalue weighted by Crippen LogP contribution is -2.40. The highest BCUT2D eigenvalue weighted by Crippen LogP contribution is 2.37. The summed E-state index contributed by atoms with van der Waals surface area (Å²) in [5.74, 6) is 1.72. The van der Waals surface area contributed by atoms with Gasteiger partial charge in [-0.05, 0) is 44.4 Å². The first-order valence-electron chi connectivity index (χ1n) is 6.75. The molecule has 2 aliphatic rings. The summed E-state index contributed by atoms with van der Waals surface area (Å²) in [5.41, 5.74) is 6.95. The molecule has 2 heterocycles. The van der Waals surface area contributed by atoms with Gasteiger partial charge in [0.1, 0.15) is 0 Å². The van der Waals surface area contributed by atoms with Gasteiger partial charge in [-0.3, -0.25) is 0 Å². The molecule has 98 valence electrons. The second kappa shape index (κ2) is 5.06. The van der Waals surface area contributed by atoms with Crippen molar-refractivity contribution in [2.75, 3.05) is 24.8 Å². The fourth-order valence-electron chi connectivity index (χ4n) is 2.90. The van der Waals surface area contributed by atoms with Gasteiger partial charge in [0.25, 0.3) is 0 Å². The van der Waals surface area contributed by atoms with E-state index in [0.29, 0.717) is 12.8 Å². The van der Waals surface area contributed by atoms with Gasteiger partial charge in [-0.1, -0.05) is 0 Å². The average molecular weight is 248 g/mol. The van der Waals surface area contributed by atoms with Crippen LogP contribution in [-0.2, 0) is 0 Å². The molecule has 1 atom stereocenters. The lowest BCUT2D eigenvalue weighted by atomic mass is 9.98. The fraction of sp³-hybridized carbons (Fsp3) is 0.571. The van der Waals surface area contributed by atoms with E-state index in [2.05, 4.69) is 17.0 Å². The quantitative estimate of drug-likeness (QED) is 0.890. The van der Waals surface area contributed by atoms with Crippen molar-refractivity contribution in [1.29, 1.82) is 0 Å². The van der Waals surface area contributed by atoms with E-state index in [0.717, 1.165) is 31.0 Å². The Balaban J connectivity index is 1.83. The molecule has 1 unspecified atom stereocenters. The Morgan fingerprint density at radius 1 is 1.22 bits per heavy atom. The highest BCUT2D eigenvalue weighted by atomic mass is 16.7. The summed E-state index contributed by atoms with van der Waals surface area (Å²) in [7, 11) is 0. The van der Waals surface area contributed by atoms with Gasteiger partial charge in [-0.15, -0.1) is 0 Å². The van der Waals surface area contributed by atoms with Crippen molar-refractivity contribution in [2.45, 2.75) is 31.7 Å². The van der Waals surface area contributed by atoms with Crippen molar-refractivity contribution < 1.29 is 9.47 Å². The van der Waals surface area contributed by atoms with E-state index in [4.69, 9.17) is 15.2 Å². The molecule has 1 saturated heterocycles. The lowest BCUT2D eigenvalue weighted by Gasteiger charge is -2.37. The first kappa shape index (κ1) is 11.7. The number of anilines is 1. The molecule has 4 heteroatoms. The largest absolute Gasteiger partial charge is 0.454 e. The van der Waals surface area contributed by atoms with Gasteiger partial charge >= 0.3 is 0 Å². The molecule has 4 nitrogen and oxygen atoms in total. The summed E-state index contributed by atoms with van der Waals surface area (Å²) >= 11 is 0. The minimum absolute atomic E-state index is 0.338. The van der Waals surface area contributed by atoms with Gasteiger partial charge < -0.3 is 20.1 Å². The van der Waals surface area contributed by atoms with Gasteiger partial charge in [0, 0.05) is 24.3 Å². The van der Waals surface area contributed by atoms with E-state index in [-0.39, 0.29) is 0 Å². The number of nitrogens with two attached hydrogens (primary N) is 1. The van der Waals surface area contributed by atoms with Crippen molar-refractivity contribution >= 4 is 5.69 Å². The number of rotatable bonds is 3. The molecular weight excluding hydrogens is 228 g/mol. The van der Waals surface area contributed by atoms with Crippen LogP contribution in [0.1, 0.15) is 25.7 Å². The Morgan fingerprint density at radius 2 is 2.11 bits per heavy atom. The molecule has 0 radical (unpaired) electrons. The van der Waals surface area contributed by atoms with Gasteiger partial charge in [0.2, 0.25) is 6.79 Å². The zero-order valence-electron chi connectivity index (χ0n) is 10.6. The normalized spacial score (nSPS) is 22.3. The Bertz CT molecular complexity index is 420. The van der Waals surface area contributed by atoms with Crippen LogP contribution in [0, 0.1) is 0 Å². The first-order chi connectivity index (χ1) is 8.88. The van der Waals surface area contributed by atoms with Crippen LogP contribution < -0.4 is 20.1 Å². The van der Waals surface area contributed by atoms with E-state index in [1.54, 1.807) is 0 Å². The molecular formula is C14H20N2O2. The molecule has 0 aliphatic carbocycles. The van der Waals surface area contributed by atoms with Gasteiger partial charge in [0.15, 0.2) is 11.5 Å². The SMILES string of the molecule is NCCC1CCCCN1c1ccc2c(c1)OCO2. The van der Waals surface area contributed by atoms with Gasteiger partial charge in [-0.2, -0.15) is 0 Å². The van der Waals surface area contributed by atoms with E-state index >= 15 is 0 Å². The zero-order chi connectivity index (χ0) is 12.4. The maximum Gasteiger partial charge on any atom is 0.231 e. The molecule has 2 aliphatic heterocycles.